The van der Waals surface area contributed by atoms with Gasteiger partial charge in [0.2, 0.25) is 0 Å². The van der Waals surface area contributed by atoms with Gasteiger partial charge in [0.15, 0.2) is 12.6 Å². The molecule has 1 amide bonds. The number of carbonyl (C=O) groups excluding carboxylic acids is 1. The van der Waals surface area contributed by atoms with Gasteiger partial charge in [-0.1, -0.05) is 18.6 Å². The summed E-state index contributed by atoms with van der Waals surface area (Å²) in [5, 5.41) is 6.39. The fraction of sp³-hybridized carbons (Fsp3) is 0.636. The maximum absolute atomic E-state index is 11.8. The van der Waals surface area contributed by atoms with Gasteiger partial charge in [-0.15, -0.1) is 24.0 Å². The van der Waals surface area contributed by atoms with E-state index in [1.165, 1.54) is 25.7 Å². The SMILES string of the molecule is CCNC(=NCc1cccc(OCC(=O)NC2CC2)c1)N1CCC2(CCC2)C1.I. The molecule has 2 aliphatic carbocycles. The highest BCUT2D eigenvalue weighted by Crippen LogP contribution is 2.47. The van der Waals surface area contributed by atoms with Crippen molar-refractivity contribution in [1.29, 1.82) is 0 Å². The molecule has 7 heteroatoms. The van der Waals surface area contributed by atoms with Crippen molar-refractivity contribution in [2.45, 2.75) is 58.0 Å². The minimum absolute atomic E-state index is 0. The van der Waals surface area contributed by atoms with Gasteiger partial charge >= 0.3 is 0 Å². The molecule has 2 N–H and O–H groups in total. The predicted molar refractivity (Wildman–Crippen MR) is 126 cm³/mol. The minimum atomic E-state index is -0.0423. The lowest BCUT2D eigenvalue weighted by molar-refractivity contribution is -0.123. The second kappa shape index (κ2) is 10.00. The van der Waals surface area contributed by atoms with Crippen molar-refractivity contribution >= 4 is 35.8 Å². The molecule has 0 unspecified atom stereocenters. The third kappa shape index (κ3) is 5.99. The summed E-state index contributed by atoms with van der Waals surface area (Å²) in [5.41, 5.74) is 1.65. The zero-order valence-electron chi connectivity index (χ0n) is 17.3. The van der Waals surface area contributed by atoms with E-state index in [2.05, 4.69) is 28.5 Å². The molecule has 29 heavy (non-hydrogen) atoms. The number of amides is 1. The van der Waals surface area contributed by atoms with Crippen LogP contribution in [-0.2, 0) is 11.3 Å². The fourth-order valence-corrected chi connectivity index (χ4v) is 4.17. The molecule has 0 aromatic heterocycles. The van der Waals surface area contributed by atoms with Gasteiger partial charge in [-0.25, -0.2) is 4.99 Å². The van der Waals surface area contributed by atoms with E-state index in [1.807, 2.05) is 18.2 Å². The summed E-state index contributed by atoms with van der Waals surface area (Å²) in [4.78, 5) is 19.1. The van der Waals surface area contributed by atoms with E-state index < -0.39 is 0 Å². The monoisotopic (exact) mass is 512 g/mol. The van der Waals surface area contributed by atoms with Gasteiger partial charge in [-0.2, -0.15) is 0 Å². The van der Waals surface area contributed by atoms with Gasteiger partial charge in [-0.05, 0) is 62.1 Å². The lowest BCUT2D eigenvalue weighted by Crippen LogP contribution is -2.42. The fourth-order valence-electron chi connectivity index (χ4n) is 4.17. The molecule has 1 aliphatic heterocycles. The summed E-state index contributed by atoms with van der Waals surface area (Å²) in [6.45, 7) is 5.91. The molecule has 0 bridgehead atoms. The molecule has 3 aliphatic rings. The maximum Gasteiger partial charge on any atom is 0.258 e. The standard InChI is InChI=1S/C22H32N4O2.HI/c1-2-23-21(26-12-11-22(16-26)9-4-10-22)24-14-17-5-3-6-19(13-17)28-15-20(27)25-18-7-8-18;/h3,5-6,13,18H,2,4,7-12,14-16H2,1H3,(H,23,24)(H,25,27);1H. The number of likely N-dealkylation sites (tertiary alicyclic amines) is 1. The smallest absolute Gasteiger partial charge is 0.258 e. The molecule has 0 atom stereocenters. The van der Waals surface area contributed by atoms with Crippen molar-refractivity contribution in [3.05, 3.63) is 29.8 Å². The highest BCUT2D eigenvalue weighted by atomic mass is 127. The van der Waals surface area contributed by atoms with E-state index in [0.29, 0.717) is 18.0 Å². The zero-order chi connectivity index (χ0) is 19.4. The predicted octanol–water partition coefficient (Wildman–Crippen LogP) is 3.30. The summed E-state index contributed by atoms with van der Waals surface area (Å²) in [6.07, 6.45) is 7.60. The molecule has 1 aromatic carbocycles. The Bertz CT molecular complexity index is 731. The van der Waals surface area contributed by atoms with Crippen molar-refractivity contribution in [1.82, 2.24) is 15.5 Å². The van der Waals surface area contributed by atoms with Crippen LogP contribution in [0, 0.1) is 5.41 Å². The maximum atomic E-state index is 11.8. The lowest BCUT2D eigenvalue weighted by atomic mass is 9.68. The molecule has 3 fully saturated rings. The number of rotatable bonds is 7. The average molecular weight is 512 g/mol. The summed E-state index contributed by atoms with van der Waals surface area (Å²) in [7, 11) is 0. The average Bonchev–Trinajstić information content (AvgIpc) is 3.36. The zero-order valence-corrected chi connectivity index (χ0v) is 19.6. The van der Waals surface area contributed by atoms with E-state index in [4.69, 9.17) is 9.73 Å². The van der Waals surface area contributed by atoms with Crippen LogP contribution in [0.2, 0.25) is 0 Å². The first kappa shape index (κ1) is 22.2. The number of hydrogen-bond acceptors (Lipinski definition) is 3. The second-order valence-electron chi connectivity index (χ2n) is 8.47. The van der Waals surface area contributed by atoms with Crippen LogP contribution < -0.4 is 15.4 Å². The van der Waals surface area contributed by atoms with Crippen LogP contribution in [0.4, 0.5) is 0 Å². The number of benzene rings is 1. The van der Waals surface area contributed by atoms with Gasteiger partial charge in [0.05, 0.1) is 6.54 Å². The normalized spacial score (nSPS) is 20.0. The summed E-state index contributed by atoms with van der Waals surface area (Å²) in [5.74, 6) is 1.69. The first-order valence-electron chi connectivity index (χ1n) is 10.7. The van der Waals surface area contributed by atoms with Gasteiger partial charge in [0, 0.05) is 25.7 Å². The molecular weight excluding hydrogens is 479 g/mol. The number of halogens is 1. The van der Waals surface area contributed by atoms with Crippen LogP contribution in [0.15, 0.2) is 29.3 Å². The third-order valence-electron chi connectivity index (χ3n) is 6.11. The molecule has 160 valence electrons. The van der Waals surface area contributed by atoms with Crippen molar-refractivity contribution in [3.63, 3.8) is 0 Å². The molecule has 2 saturated carbocycles. The second-order valence-corrected chi connectivity index (χ2v) is 8.47. The quantitative estimate of drug-likeness (QED) is 0.335. The Morgan fingerprint density at radius 3 is 2.79 bits per heavy atom. The topological polar surface area (TPSA) is 66.0 Å². The number of nitrogens with one attached hydrogen (secondary N) is 2. The third-order valence-corrected chi connectivity index (χ3v) is 6.11. The number of nitrogens with zero attached hydrogens (tertiary/aromatic N) is 2. The summed E-state index contributed by atoms with van der Waals surface area (Å²) < 4.78 is 5.65. The van der Waals surface area contributed by atoms with Crippen molar-refractivity contribution in [2.75, 3.05) is 26.2 Å². The lowest BCUT2D eigenvalue weighted by Gasteiger charge is -2.38. The van der Waals surface area contributed by atoms with Crippen LogP contribution >= 0.6 is 24.0 Å². The molecule has 1 spiro atoms. The molecular formula is C22H33IN4O2. The molecule has 6 nitrogen and oxygen atoms in total. The van der Waals surface area contributed by atoms with Crippen LogP contribution in [0.25, 0.3) is 0 Å². The van der Waals surface area contributed by atoms with E-state index >= 15 is 0 Å². The Morgan fingerprint density at radius 2 is 2.14 bits per heavy atom. The number of carbonyl (C=O) groups is 1. The van der Waals surface area contributed by atoms with E-state index in [0.717, 1.165) is 49.7 Å². The van der Waals surface area contributed by atoms with Gasteiger partial charge < -0.3 is 20.3 Å². The van der Waals surface area contributed by atoms with Crippen molar-refractivity contribution in [2.24, 2.45) is 10.4 Å². The van der Waals surface area contributed by atoms with E-state index in [1.54, 1.807) is 0 Å². The Hall–Kier alpha value is -1.51. The van der Waals surface area contributed by atoms with Crippen molar-refractivity contribution in [3.8, 4) is 5.75 Å². The first-order valence-corrected chi connectivity index (χ1v) is 10.7. The van der Waals surface area contributed by atoms with Gasteiger partial charge in [0.1, 0.15) is 5.75 Å². The van der Waals surface area contributed by atoms with Gasteiger partial charge in [-0.3, -0.25) is 4.79 Å². The Labute approximate surface area is 190 Å². The van der Waals surface area contributed by atoms with Crippen LogP contribution in [0.1, 0.15) is 51.0 Å². The van der Waals surface area contributed by atoms with Crippen molar-refractivity contribution < 1.29 is 9.53 Å². The van der Waals surface area contributed by atoms with E-state index in [9.17, 15) is 4.79 Å². The summed E-state index contributed by atoms with van der Waals surface area (Å²) in [6, 6.07) is 8.26. The number of guanidine groups is 1. The Morgan fingerprint density at radius 1 is 1.31 bits per heavy atom. The number of ether oxygens (including phenoxy) is 1. The molecule has 4 rings (SSSR count). The molecule has 1 aromatic rings. The van der Waals surface area contributed by atoms with Gasteiger partial charge in [0.25, 0.3) is 5.91 Å². The minimum Gasteiger partial charge on any atom is -0.484 e. The van der Waals surface area contributed by atoms with Crippen LogP contribution in [0.5, 0.6) is 5.75 Å². The Kier molecular flexibility index (Phi) is 7.65. The highest BCUT2D eigenvalue weighted by molar-refractivity contribution is 14.0. The van der Waals surface area contributed by atoms with Crippen LogP contribution in [-0.4, -0.2) is 49.0 Å². The first-order chi connectivity index (χ1) is 13.7. The molecule has 0 radical (unpaired) electrons. The van der Waals surface area contributed by atoms with Crippen LogP contribution in [0.3, 0.4) is 0 Å². The number of aliphatic imine (C=N–C) groups is 1. The highest BCUT2D eigenvalue weighted by Gasteiger charge is 2.43. The Balaban J connectivity index is 0.00000240. The number of hydrogen-bond donors (Lipinski definition) is 2. The molecule has 1 heterocycles. The molecule has 1 saturated heterocycles. The van der Waals surface area contributed by atoms with E-state index in [-0.39, 0.29) is 36.5 Å². The summed E-state index contributed by atoms with van der Waals surface area (Å²) >= 11 is 0. The largest absolute Gasteiger partial charge is 0.484 e.